The molecule has 2 aromatic rings. The number of rotatable bonds is 7. The van der Waals surface area contributed by atoms with E-state index in [2.05, 4.69) is 27.9 Å². The van der Waals surface area contributed by atoms with Crippen molar-refractivity contribution in [1.82, 2.24) is 5.32 Å². The number of halogens is 4. The fourth-order valence-electron chi connectivity index (χ4n) is 3.22. The van der Waals surface area contributed by atoms with Crippen molar-refractivity contribution in [3.8, 4) is 0 Å². The summed E-state index contributed by atoms with van der Waals surface area (Å²) in [6.07, 6.45) is -4.82. The van der Waals surface area contributed by atoms with Crippen LogP contribution in [0, 0.1) is 9.39 Å². The van der Waals surface area contributed by atoms with E-state index in [1.54, 1.807) is 12.1 Å². The van der Waals surface area contributed by atoms with E-state index < -0.39 is 30.3 Å². The van der Waals surface area contributed by atoms with Crippen LogP contribution in [0.5, 0.6) is 0 Å². The van der Waals surface area contributed by atoms with Gasteiger partial charge in [0.05, 0.1) is 30.2 Å². The van der Waals surface area contributed by atoms with Crippen LogP contribution in [-0.2, 0) is 9.53 Å². The summed E-state index contributed by atoms with van der Waals surface area (Å²) in [5.41, 5.74) is 1.01. The molecule has 33 heavy (non-hydrogen) atoms. The Kier molecular flexibility index (Phi) is 7.82. The van der Waals surface area contributed by atoms with Gasteiger partial charge in [-0.25, -0.2) is 9.18 Å². The van der Waals surface area contributed by atoms with E-state index in [1.165, 1.54) is 18.2 Å². The number of cyclic esters (lactones) is 1. The van der Waals surface area contributed by atoms with Gasteiger partial charge in [-0.1, -0.05) is 13.8 Å². The molecule has 0 aromatic heterocycles. The summed E-state index contributed by atoms with van der Waals surface area (Å²) in [7, 11) is 0. The monoisotopic (exact) mass is 575 g/mol. The molecule has 3 rings (SSSR count). The summed E-state index contributed by atoms with van der Waals surface area (Å²) < 4.78 is 45.3. The van der Waals surface area contributed by atoms with Crippen molar-refractivity contribution in [2.75, 3.05) is 23.3 Å². The third-order valence-electron chi connectivity index (χ3n) is 4.96. The molecular weight excluding hydrogens is 554 g/mol. The number of nitrogens with zero attached hydrogens (tertiary/aromatic N) is 1. The number of benzene rings is 1. The second-order valence-electron chi connectivity index (χ2n) is 7.66. The number of carbonyl (C=O) groups excluding carboxylic acids is 2. The molecule has 1 aliphatic heterocycles. The fourth-order valence-corrected chi connectivity index (χ4v) is 4.18. The average Bonchev–Trinajstić information content (AvgIpc) is 3.06. The number of hydrogen-bond acceptors (Lipinski definition) is 5. The molecular formula is C22H21F3IN3O4. The van der Waals surface area contributed by atoms with Crippen LogP contribution in [0.3, 0.4) is 0 Å². The molecule has 1 heterocycles. The van der Waals surface area contributed by atoms with Gasteiger partial charge < -0.3 is 15.4 Å². The van der Waals surface area contributed by atoms with E-state index in [0.717, 1.165) is 20.1 Å². The summed E-state index contributed by atoms with van der Waals surface area (Å²) >= 11 is 2.14. The van der Waals surface area contributed by atoms with E-state index in [1.807, 2.05) is 19.2 Å². The first kappa shape index (κ1) is 24.8. The van der Waals surface area contributed by atoms with Crippen LogP contribution in [0.25, 0.3) is 0 Å². The normalized spacial score (nSPS) is 15.7. The predicted octanol–water partition coefficient (Wildman–Crippen LogP) is 4.36. The number of ether oxygens (including phenoxy) is 1. The lowest BCUT2D eigenvalue weighted by Crippen LogP contribution is -2.37. The molecule has 2 aromatic carbocycles. The largest absolute Gasteiger partial charge is 0.442 e. The molecule has 0 bridgehead atoms. The van der Waals surface area contributed by atoms with Crippen molar-refractivity contribution in [1.29, 1.82) is 0 Å². The summed E-state index contributed by atoms with van der Waals surface area (Å²) in [4.78, 5) is 36.8. The maximum absolute atomic E-state index is 14.8. The van der Waals surface area contributed by atoms with Crippen LogP contribution in [-0.4, -0.2) is 37.6 Å². The first-order valence-electron chi connectivity index (χ1n) is 10.0. The van der Waals surface area contributed by atoms with E-state index >= 15 is 0 Å². The molecule has 0 saturated carbocycles. The van der Waals surface area contributed by atoms with Gasteiger partial charge in [-0.05, 0) is 70.5 Å². The molecule has 2 N–H and O–H groups in total. The lowest BCUT2D eigenvalue weighted by Gasteiger charge is -2.15. The Morgan fingerprint density at radius 2 is 1.88 bits per heavy atom. The SMILES string of the molecule is CC(C)c1cc(=O)c(Nc2ccc(N3C[C@H](CNC(=O)C(F)F)OC3=O)cc2F)ccc1I. The molecule has 1 atom stereocenters. The molecule has 11 heteroatoms. The summed E-state index contributed by atoms with van der Waals surface area (Å²) in [6.45, 7) is 3.61. The number of hydrogen-bond donors (Lipinski definition) is 2. The molecule has 0 aliphatic carbocycles. The molecule has 176 valence electrons. The van der Waals surface area contributed by atoms with Crippen LogP contribution in [0.4, 0.5) is 35.0 Å². The van der Waals surface area contributed by atoms with Crippen LogP contribution in [0.1, 0.15) is 25.3 Å². The van der Waals surface area contributed by atoms with Gasteiger partial charge in [-0.3, -0.25) is 14.5 Å². The van der Waals surface area contributed by atoms with Gasteiger partial charge in [-0.2, -0.15) is 8.78 Å². The molecule has 1 fully saturated rings. The zero-order chi connectivity index (χ0) is 24.3. The number of anilines is 3. The Labute approximate surface area is 201 Å². The van der Waals surface area contributed by atoms with Gasteiger partial charge in [0.2, 0.25) is 5.43 Å². The molecule has 1 saturated heterocycles. The van der Waals surface area contributed by atoms with E-state index in [4.69, 9.17) is 4.74 Å². The number of amides is 2. The lowest BCUT2D eigenvalue weighted by atomic mass is 10.1. The van der Waals surface area contributed by atoms with Crippen molar-refractivity contribution < 1.29 is 27.5 Å². The minimum atomic E-state index is -3.17. The lowest BCUT2D eigenvalue weighted by molar-refractivity contribution is -0.132. The molecule has 1 aliphatic rings. The van der Waals surface area contributed by atoms with E-state index in [9.17, 15) is 27.6 Å². The summed E-state index contributed by atoms with van der Waals surface area (Å²) in [6, 6.07) is 8.82. The third kappa shape index (κ3) is 5.95. The smallest absolute Gasteiger partial charge is 0.414 e. The van der Waals surface area contributed by atoms with E-state index in [0.29, 0.717) is 0 Å². The fraction of sp³-hybridized carbons (Fsp3) is 0.318. The van der Waals surface area contributed by atoms with Gasteiger partial charge in [0.25, 0.3) is 5.91 Å². The topological polar surface area (TPSA) is 87.7 Å². The van der Waals surface area contributed by atoms with Crippen LogP contribution < -0.4 is 21.0 Å². The standard InChI is InChI=1S/C22H21F3IN3O4/c1-11(2)14-8-19(30)18(6-4-16(14)26)28-17-5-3-12(7-15(17)23)29-10-13(33-22(29)32)9-27-21(31)20(24)25/h3-8,11,13,20H,9-10H2,1-2H3,(H,27,31)(H,28,30)/t13-/m0/s1. The first-order chi connectivity index (χ1) is 15.6. The van der Waals surface area contributed by atoms with Gasteiger partial charge in [0, 0.05) is 3.57 Å². The van der Waals surface area contributed by atoms with Crippen molar-refractivity contribution >= 4 is 51.7 Å². The quantitative estimate of drug-likeness (QED) is 0.480. The second kappa shape index (κ2) is 10.4. The minimum Gasteiger partial charge on any atom is -0.442 e. The van der Waals surface area contributed by atoms with Gasteiger partial charge >= 0.3 is 12.5 Å². The first-order valence-corrected chi connectivity index (χ1v) is 11.1. The molecule has 2 amide bonds. The Morgan fingerprint density at radius 3 is 2.52 bits per heavy atom. The number of nitrogens with one attached hydrogen (secondary N) is 2. The van der Waals surface area contributed by atoms with Crippen molar-refractivity contribution in [3.05, 3.63) is 61.6 Å². The highest BCUT2D eigenvalue weighted by Gasteiger charge is 2.33. The molecule has 0 radical (unpaired) electrons. The number of alkyl halides is 2. The van der Waals surface area contributed by atoms with Gasteiger partial charge in [-0.15, -0.1) is 0 Å². The van der Waals surface area contributed by atoms with Crippen LogP contribution in [0.2, 0.25) is 0 Å². The van der Waals surface area contributed by atoms with Crippen molar-refractivity contribution in [2.24, 2.45) is 0 Å². The second-order valence-corrected chi connectivity index (χ2v) is 8.83. The summed E-state index contributed by atoms with van der Waals surface area (Å²) in [5.74, 6) is -2.03. The minimum absolute atomic E-state index is 0.0384. The zero-order valence-corrected chi connectivity index (χ0v) is 19.9. The van der Waals surface area contributed by atoms with Crippen LogP contribution in [0.15, 0.2) is 41.2 Å². The maximum Gasteiger partial charge on any atom is 0.414 e. The highest BCUT2D eigenvalue weighted by Crippen LogP contribution is 2.28. The zero-order valence-electron chi connectivity index (χ0n) is 17.7. The Morgan fingerprint density at radius 1 is 1.18 bits per heavy atom. The number of carbonyl (C=O) groups is 2. The van der Waals surface area contributed by atoms with Crippen molar-refractivity contribution in [3.63, 3.8) is 0 Å². The highest BCUT2D eigenvalue weighted by molar-refractivity contribution is 14.1. The summed E-state index contributed by atoms with van der Waals surface area (Å²) in [5, 5.41) is 4.77. The van der Waals surface area contributed by atoms with Gasteiger partial charge in [0.1, 0.15) is 11.9 Å². The Hall–Kier alpha value is -2.83. The molecule has 0 unspecified atom stereocenters. The third-order valence-corrected chi connectivity index (χ3v) is 5.94. The molecule has 0 spiro atoms. The molecule has 7 nitrogen and oxygen atoms in total. The Bertz CT molecular complexity index is 1130. The highest BCUT2D eigenvalue weighted by atomic mass is 127. The van der Waals surface area contributed by atoms with E-state index in [-0.39, 0.29) is 41.5 Å². The van der Waals surface area contributed by atoms with Crippen molar-refractivity contribution in [2.45, 2.75) is 32.3 Å². The average molecular weight is 575 g/mol. The Balaban J connectivity index is 1.75. The maximum atomic E-state index is 14.8. The van der Waals surface area contributed by atoms with Crippen LogP contribution >= 0.6 is 22.6 Å². The predicted molar refractivity (Wildman–Crippen MR) is 126 cm³/mol. The van der Waals surface area contributed by atoms with Gasteiger partial charge in [0.15, 0.2) is 0 Å².